The van der Waals surface area contributed by atoms with Crippen LogP contribution in [0.15, 0.2) is 18.5 Å². The summed E-state index contributed by atoms with van der Waals surface area (Å²) in [5.41, 5.74) is 5.50. The van der Waals surface area contributed by atoms with Crippen molar-refractivity contribution in [1.29, 1.82) is 0 Å². The molecule has 1 rings (SSSR count). The minimum atomic E-state index is -1.20. The van der Waals surface area contributed by atoms with E-state index in [1.807, 2.05) is 0 Å². The second kappa shape index (κ2) is 5.55. The number of carbonyl (C=O) groups is 1. The van der Waals surface area contributed by atoms with Crippen molar-refractivity contribution in [2.45, 2.75) is 18.6 Å². The number of pyridine rings is 1. The maximum Gasteiger partial charge on any atom is 0.250 e. The van der Waals surface area contributed by atoms with Gasteiger partial charge in [0.2, 0.25) is 5.91 Å². The number of rotatable bonds is 5. The van der Waals surface area contributed by atoms with Gasteiger partial charge < -0.3 is 21.1 Å². The van der Waals surface area contributed by atoms with Crippen LogP contribution in [0, 0.1) is 0 Å². The minimum Gasteiger partial charge on any atom is -0.396 e. The predicted molar refractivity (Wildman–Crippen MR) is 55.4 cm³/mol. The molecule has 5 N–H and O–H groups in total. The summed E-state index contributed by atoms with van der Waals surface area (Å²) in [6, 6.07) is 1.36. The first-order valence-electron chi connectivity index (χ1n) is 4.78. The van der Waals surface area contributed by atoms with E-state index in [2.05, 4.69) is 4.98 Å². The molecule has 1 aromatic rings. The lowest BCUT2D eigenvalue weighted by Gasteiger charge is -2.17. The molecule has 6 heteroatoms. The standard InChI is InChI=1S/C10H14N2O4/c11-10(16)7-3-6(4-12-5-7)9(15)8(14)1-2-13/h3-5,8-9,13-15H,1-2H2,(H2,11,16). The van der Waals surface area contributed by atoms with Gasteiger partial charge >= 0.3 is 0 Å². The minimum absolute atomic E-state index is 0.0436. The number of carbonyl (C=O) groups excluding carboxylic acids is 1. The molecule has 2 unspecified atom stereocenters. The average molecular weight is 226 g/mol. The van der Waals surface area contributed by atoms with Crippen molar-refractivity contribution in [2.75, 3.05) is 6.61 Å². The van der Waals surface area contributed by atoms with Crippen molar-refractivity contribution in [3.63, 3.8) is 0 Å². The van der Waals surface area contributed by atoms with E-state index >= 15 is 0 Å². The number of nitrogens with zero attached hydrogens (tertiary/aromatic N) is 1. The van der Waals surface area contributed by atoms with Crippen LogP contribution in [0.3, 0.4) is 0 Å². The summed E-state index contributed by atoms with van der Waals surface area (Å²) in [5.74, 6) is -0.654. The van der Waals surface area contributed by atoms with Gasteiger partial charge in [-0.2, -0.15) is 0 Å². The van der Waals surface area contributed by atoms with E-state index in [0.29, 0.717) is 0 Å². The average Bonchev–Trinajstić information content (AvgIpc) is 2.28. The number of hydrogen-bond acceptors (Lipinski definition) is 5. The fourth-order valence-electron chi connectivity index (χ4n) is 1.27. The van der Waals surface area contributed by atoms with Crippen LogP contribution in [0.5, 0.6) is 0 Å². The van der Waals surface area contributed by atoms with Gasteiger partial charge in [-0.15, -0.1) is 0 Å². The Morgan fingerprint density at radius 1 is 1.44 bits per heavy atom. The first-order valence-corrected chi connectivity index (χ1v) is 4.78. The van der Waals surface area contributed by atoms with Crippen LogP contribution >= 0.6 is 0 Å². The molecule has 1 aromatic heterocycles. The highest BCUT2D eigenvalue weighted by Gasteiger charge is 2.18. The molecule has 0 spiro atoms. The third-order valence-electron chi connectivity index (χ3n) is 2.17. The zero-order valence-corrected chi connectivity index (χ0v) is 8.58. The molecule has 0 radical (unpaired) electrons. The summed E-state index contributed by atoms with van der Waals surface area (Å²) in [6.07, 6.45) is 0.352. The lowest BCUT2D eigenvalue weighted by molar-refractivity contribution is 0.00400. The molecular formula is C10H14N2O4. The van der Waals surface area contributed by atoms with Gasteiger partial charge in [-0.3, -0.25) is 9.78 Å². The topological polar surface area (TPSA) is 117 Å². The highest BCUT2D eigenvalue weighted by molar-refractivity contribution is 5.92. The summed E-state index contributed by atoms with van der Waals surface area (Å²) in [5, 5.41) is 27.7. The van der Waals surface area contributed by atoms with Gasteiger partial charge in [-0.05, 0) is 12.5 Å². The normalized spacial score (nSPS) is 14.4. The van der Waals surface area contributed by atoms with E-state index in [1.54, 1.807) is 0 Å². The lowest BCUT2D eigenvalue weighted by atomic mass is 10.0. The Morgan fingerprint density at radius 2 is 2.12 bits per heavy atom. The third-order valence-corrected chi connectivity index (χ3v) is 2.17. The van der Waals surface area contributed by atoms with Crippen LogP contribution in [0.2, 0.25) is 0 Å². The van der Waals surface area contributed by atoms with Gasteiger partial charge in [0.25, 0.3) is 0 Å². The van der Waals surface area contributed by atoms with Crippen molar-refractivity contribution in [2.24, 2.45) is 5.73 Å². The van der Waals surface area contributed by atoms with Gasteiger partial charge in [0.1, 0.15) is 6.10 Å². The molecule has 0 bridgehead atoms. The number of amides is 1. The van der Waals surface area contributed by atoms with Crippen LogP contribution in [0.25, 0.3) is 0 Å². The van der Waals surface area contributed by atoms with E-state index in [9.17, 15) is 15.0 Å². The number of aliphatic hydroxyl groups excluding tert-OH is 3. The molecule has 0 saturated carbocycles. The van der Waals surface area contributed by atoms with Gasteiger partial charge in [0.05, 0.1) is 11.7 Å². The number of aliphatic hydroxyl groups is 3. The van der Waals surface area contributed by atoms with Crippen molar-refractivity contribution in [1.82, 2.24) is 4.98 Å². The molecule has 0 saturated heterocycles. The molecule has 0 aliphatic heterocycles. The zero-order chi connectivity index (χ0) is 12.1. The zero-order valence-electron chi connectivity index (χ0n) is 8.58. The third kappa shape index (κ3) is 2.99. The smallest absolute Gasteiger partial charge is 0.250 e. The maximum atomic E-state index is 10.9. The Kier molecular flexibility index (Phi) is 4.36. The van der Waals surface area contributed by atoms with Gasteiger partial charge in [0.15, 0.2) is 0 Å². The molecule has 0 fully saturated rings. The number of aromatic nitrogens is 1. The number of nitrogens with two attached hydrogens (primary N) is 1. The van der Waals surface area contributed by atoms with E-state index in [4.69, 9.17) is 10.8 Å². The van der Waals surface area contributed by atoms with Crippen LogP contribution in [-0.4, -0.2) is 38.9 Å². The summed E-state index contributed by atoms with van der Waals surface area (Å²) in [6.45, 7) is -0.235. The Labute approximate surface area is 92.4 Å². The maximum absolute atomic E-state index is 10.9. The molecule has 16 heavy (non-hydrogen) atoms. The van der Waals surface area contributed by atoms with Gasteiger partial charge in [0, 0.05) is 24.6 Å². The largest absolute Gasteiger partial charge is 0.396 e. The fourth-order valence-corrected chi connectivity index (χ4v) is 1.27. The second-order valence-electron chi connectivity index (χ2n) is 3.40. The van der Waals surface area contributed by atoms with Crippen LogP contribution in [0.4, 0.5) is 0 Å². The molecule has 6 nitrogen and oxygen atoms in total. The van der Waals surface area contributed by atoms with Crippen molar-refractivity contribution >= 4 is 5.91 Å². The summed E-state index contributed by atoms with van der Waals surface area (Å²) < 4.78 is 0. The molecule has 0 aliphatic rings. The van der Waals surface area contributed by atoms with Crippen molar-refractivity contribution in [3.05, 3.63) is 29.6 Å². The summed E-state index contributed by atoms with van der Waals surface area (Å²) >= 11 is 0. The lowest BCUT2D eigenvalue weighted by Crippen LogP contribution is -2.20. The fraction of sp³-hybridized carbons (Fsp3) is 0.400. The summed E-state index contributed by atoms with van der Waals surface area (Å²) in [4.78, 5) is 14.6. The Morgan fingerprint density at radius 3 is 2.69 bits per heavy atom. The number of hydrogen-bond donors (Lipinski definition) is 4. The highest BCUT2D eigenvalue weighted by Crippen LogP contribution is 2.18. The van der Waals surface area contributed by atoms with Crippen molar-refractivity contribution < 1.29 is 20.1 Å². The van der Waals surface area contributed by atoms with Crippen LogP contribution in [-0.2, 0) is 0 Å². The van der Waals surface area contributed by atoms with Gasteiger partial charge in [-0.1, -0.05) is 0 Å². The first-order chi connectivity index (χ1) is 7.56. The molecular weight excluding hydrogens is 212 g/mol. The van der Waals surface area contributed by atoms with E-state index in [-0.39, 0.29) is 24.2 Å². The Hall–Kier alpha value is -1.50. The van der Waals surface area contributed by atoms with Gasteiger partial charge in [-0.25, -0.2) is 0 Å². The van der Waals surface area contributed by atoms with E-state index in [1.165, 1.54) is 18.5 Å². The molecule has 88 valence electrons. The Balaban J connectivity index is 2.86. The Bertz CT molecular complexity index is 370. The summed E-state index contributed by atoms with van der Waals surface area (Å²) in [7, 11) is 0. The first kappa shape index (κ1) is 12.6. The molecule has 1 amide bonds. The SMILES string of the molecule is NC(=O)c1cncc(C(O)C(O)CCO)c1. The van der Waals surface area contributed by atoms with E-state index < -0.39 is 18.1 Å². The molecule has 1 heterocycles. The quantitative estimate of drug-likeness (QED) is 0.511. The number of primary amides is 1. The van der Waals surface area contributed by atoms with Crippen molar-refractivity contribution in [3.8, 4) is 0 Å². The highest BCUT2D eigenvalue weighted by atomic mass is 16.3. The second-order valence-corrected chi connectivity index (χ2v) is 3.40. The van der Waals surface area contributed by atoms with Crippen LogP contribution < -0.4 is 5.73 Å². The monoisotopic (exact) mass is 226 g/mol. The molecule has 2 atom stereocenters. The van der Waals surface area contributed by atoms with Crippen LogP contribution in [0.1, 0.15) is 28.4 Å². The molecule has 0 aliphatic carbocycles. The predicted octanol–water partition coefficient (Wildman–Crippen LogP) is -1.04. The molecule has 0 aromatic carbocycles. The van der Waals surface area contributed by atoms with E-state index in [0.717, 1.165) is 0 Å².